The van der Waals surface area contributed by atoms with Crippen molar-refractivity contribution in [2.75, 3.05) is 46.3 Å². The molecule has 2 aromatic carbocycles. The number of quaternary nitrogens is 1. The van der Waals surface area contributed by atoms with Gasteiger partial charge in [0.25, 0.3) is 11.8 Å². The zero-order valence-electron chi connectivity index (χ0n) is 25.2. The number of oxime groups is 1. The quantitative estimate of drug-likeness (QED) is 0.105. The summed E-state index contributed by atoms with van der Waals surface area (Å²) in [7, 11) is 7.47. The molecule has 3 N–H and O–H groups in total. The van der Waals surface area contributed by atoms with Gasteiger partial charge in [-0.05, 0) is 22.8 Å². The van der Waals surface area contributed by atoms with E-state index < -0.39 is 35.3 Å². The van der Waals surface area contributed by atoms with E-state index in [4.69, 9.17) is 15.3 Å². The summed E-state index contributed by atoms with van der Waals surface area (Å²) < 4.78 is 10.9. The molecule has 45 heavy (non-hydrogen) atoms. The lowest BCUT2D eigenvalue weighted by Gasteiger charge is -2.49. The van der Waals surface area contributed by atoms with E-state index in [1.165, 1.54) is 23.8 Å². The monoisotopic (exact) mass is 648 g/mol. The third-order valence-corrected chi connectivity index (χ3v) is 8.78. The van der Waals surface area contributed by atoms with Gasteiger partial charge in [0.15, 0.2) is 11.2 Å². The van der Waals surface area contributed by atoms with Crippen molar-refractivity contribution < 1.29 is 28.4 Å². The van der Waals surface area contributed by atoms with Gasteiger partial charge >= 0.3 is 5.97 Å². The largest absolute Gasteiger partial charge is 0.448 e. The lowest BCUT2D eigenvalue weighted by atomic mass is 10.0. The molecule has 0 spiro atoms. The molecular formula is C31H34N7O5S2+. The number of thioether (sulfide) groups is 1. The number of esters is 1. The standard InChI is InChI=1S/C31H33N7O5S2/c1-38(2,3)17-11-16-21-18-44-29-23(33-27(39)22(35-42-4)26-34-31(32)45-36-26)28(40)37(29)24(21)30(41)43-25(19-12-7-5-8-13-19)20-14-9-6-10-15-20/h5-16,23,25,29H,17-18H2,1-4H3,(H2-,32,33,34,36,39)/p+1/t23?,29-/m0/s1. The second-order valence-electron chi connectivity index (χ2n) is 11.3. The minimum atomic E-state index is -0.931. The number of fused-ring (bicyclic) bond motifs is 1. The van der Waals surface area contributed by atoms with Crippen LogP contribution in [0.4, 0.5) is 5.13 Å². The number of anilines is 1. The molecule has 14 heteroatoms. The fourth-order valence-electron chi connectivity index (χ4n) is 4.83. The topological polar surface area (TPSA) is 149 Å². The maximum absolute atomic E-state index is 14.1. The Bertz CT molecular complexity index is 1610. The number of benzene rings is 2. The van der Waals surface area contributed by atoms with E-state index in [9.17, 15) is 14.4 Å². The van der Waals surface area contributed by atoms with Gasteiger partial charge in [-0.1, -0.05) is 71.9 Å². The van der Waals surface area contributed by atoms with E-state index >= 15 is 0 Å². The summed E-state index contributed by atoms with van der Waals surface area (Å²) in [6.45, 7) is 0.708. The Morgan fingerprint density at radius 2 is 1.78 bits per heavy atom. The summed E-state index contributed by atoms with van der Waals surface area (Å²) in [6, 6.07) is 18.0. The number of nitrogens with zero attached hydrogens (tertiary/aromatic N) is 5. The fourth-order valence-corrected chi connectivity index (χ4v) is 6.59. The van der Waals surface area contributed by atoms with Crippen LogP contribution in [0.2, 0.25) is 0 Å². The first kappa shape index (κ1) is 31.9. The number of hydrogen-bond donors (Lipinski definition) is 2. The van der Waals surface area contributed by atoms with Crippen LogP contribution in [-0.2, 0) is 24.0 Å². The maximum Gasteiger partial charge on any atom is 0.356 e. The van der Waals surface area contributed by atoms with Crippen molar-refractivity contribution in [1.29, 1.82) is 0 Å². The number of nitrogens with one attached hydrogen (secondary N) is 1. The van der Waals surface area contributed by atoms with Crippen molar-refractivity contribution in [2.24, 2.45) is 5.16 Å². The van der Waals surface area contributed by atoms with Gasteiger partial charge in [-0.15, -0.1) is 11.8 Å². The van der Waals surface area contributed by atoms with E-state index in [0.717, 1.165) is 22.7 Å². The number of nitrogen functional groups attached to an aromatic ring is 1. The molecule has 5 rings (SSSR count). The Hall–Kier alpha value is -4.53. The minimum absolute atomic E-state index is 0.0153. The Morgan fingerprint density at radius 3 is 2.33 bits per heavy atom. The summed E-state index contributed by atoms with van der Waals surface area (Å²) in [5.41, 5.74) is 7.87. The molecule has 2 aliphatic heterocycles. The fraction of sp³-hybridized carbons (Fsp3) is 0.290. The number of allylic oxidation sites excluding steroid dienone is 1. The highest BCUT2D eigenvalue weighted by Crippen LogP contribution is 2.42. The number of rotatable bonds is 11. The van der Waals surface area contributed by atoms with E-state index in [0.29, 0.717) is 22.4 Å². The van der Waals surface area contributed by atoms with Crippen molar-refractivity contribution in [2.45, 2.75) is 17.5 Å². The first-order valence-electron chi connectivity index (χ1n) is 14.0. The molecule has 2 aliphatic rings. The molecule has 1 saturated heterocycles. The van der Waals surface area contributed by atoms with E-state index in [-0.39, 0.29) is 22.4 Å². The molecule has 2 atom stereocenters. The SMILES string of the molecule is CON=C(C(=O)NC1C(=O)N2C(C(=O)OC(c3ccccc3)c3ccccc3)=C(C=CC[N+](C)(C)C)CS[C@@H]12)c1nsc(N)n1. The van der Waals surface area contributed by atoms with Crippen molar-refractivity contribution in [1.82, 2.24) is 19.6 Å². The zero-order valence-corrected chi connectivity index (χ0v) is 26.9. The van der Waals surface area contributed by atoms with Crippen LogP contribution < -0.4 is 11.1 Å². The van der Waals surface area contributed by atoms with Crippen molar-refractivity contribution in [3.05, 3.63) is 101 Å². The molecule has 0 bridgehead atoms. The van der Waals surface area contributed by atoms with Gasteiger partial charge in [-0.2, -0.15) is 9.36 Å². The Labute approximate surface area is 269 Å². The number of likely N-dealkylation sites (N-methyl/N-ethyl adjacent to an activating group) is 1. The lowest BCUT2D eigenvalue weighted by molar-refractivity contribution is -0.864. The van der Waals surface area contributed by atoms with Crippen LogP contribution in [0.3, 0.4) is 0 Å². The average Bonchev–Trinajstić information content (AvgIpc) is 3.46. The molecule has 0 saturated carbocycles. The van der Waals surface area contributed by atoms with Gasteiger partial charge < -0.3 is 25.1 Å². The molecule has 2 amide bonds. The highest BCUT2D eigenvalue weighted by Gasteiger charge is 2.54. The number of ether oxygens (including phenoxy) is 1. The second kappa shape index (κ2) is 13.6. The summed E-state index contributed by atoms with van der Waals surface area (Å²) in [6.07, 6.45) is 3.16. The van der Waals surface area contributed by atoms with E-state index in [1.54, 1.807) is 0 Å². The predicted molar refractivity (Wildman–Crippen MR) is 173 cm³/mol. The molecule has 3 aromatic rings. The molecule has 0 radical (unpaired) electrons. The van der Waals surface area contributed by atoms with E-state index in [1.807, 2.05) is 72.8 Å². The van der Waals surface area contributed by atoms with Gasteiger partial charge in [-0.3, -0.25) is 14.5 Å². The third kappa shape index (κ3) is 7.24. The van der Waals surface area contributed by atoms with Crippen LogP contribution in [0, 0.1) is 0 Å². The van der Waals surface area contributed by atoms with Gasteiger partial charge in [0.2, 0.25) is 11.5 Å². The van der Waals surface area contributed by atoms with Crippen molar-refractivity contribution in [3.63, 3.8) is 0 Å². The molecular weight excluding hydrogens is 615 g/mol. The number of carbonyl (C=O) groups excluding carboxylic acids is 3. The normalized spacial score (nSPS) is 18.6. The van der Waals surface area contributed by atoms with Crippen LogP contribution in [-0.4, -0.2) is 94.2 Å². The third-order valence-electron chi connectivity index (χ3n) is 6.93. The summed E-state index contributed by atoms with van der Waals surface area (Å²) in [4.78, 5) is 51.2. The molecule has 1 fully saturated rings. The average molecular weight is 649 g/mol. The van der Waals surface area contributed by atoms with Crippen LogP contribution in [0.1, 0.15) is 23.1 Å². The zero-order chi connectivity index (χ0) is 32.1. The van der Waals surface area contributed by atoms with Gasteiger partial charge in [0.1, 0.15) is 24.2 Å². The van der Waals surface area contributed by atoms with Crippen molar-refractivity contribution >= 4 is 51.9 Å². The highest BCUT2D eigenvalue weighted by molar-refractivity contribution is 8.00. The summed E-state index contributed by atoms with van der Waals surface area (Å²) >= 11 is 2.34. The number of β-lactam (4-membered cyclic amide) rings is 1. The predicted octanol–water partition coefficient (Wildman–Crippen LogP) is 2.72. The first-order valence-corrected chi connectivity index (χ1v) is 15.9. The van der Waals surface area contributed by atoms with Crippen LogP contribution >= 0.6 is 23.3 Å². The minimum Gasteiger partial charge on any atom is -0.448 e. The molecule has 12 nitrogen and oxygen atoms in total. The molecule has 3 heterocycles. The smallest absolute Gasteiger partial charge is 0.356 e. The van der Waals surface area contributed by atoms with Crippen LogP contribution in [0.5, 0.6) is 0 Å². The molecule has 1 unspecified atom stereocenters. The second-order valence-corrected chi connectivity index (χ2v) is 13.2. The first-order chi connectivity index (χ1) is 21.6. The Morgan fingerprint density at radius 1 is 1.13 bits per heavy atom. The molecule has 234 valence electrons. The highest BCUT2D eigenvalue weighted by atomic mass is 32.2. The van der Waals surface area contributed by atoms with Crippen LogP contribution in [0.25, 0.3) is 0 Å². The molecule has 0 aliphatic carbocycles. The lowest BCUT2D eigenvalue weighted by Crippen LogP contribution is -2.71. The van der Waals surface area contributed by atoms with E-state index in [2.05, 4.69) is 41.0 Å². The number of amides is 2. The Kier molecular flexibility index (Phi) is 9.65. The summed E-state index contributed by atoms with van der Waals surface area (Å²) in [5, 5.41) is 6.07. The number of nitrogens with two attached hydrogens (primary N) is 1. The van der Waals surface area contributed by atoms with Crippen molar-refractivity contribution in [3.8, 4) is 0 Å². The maximum atomic E-state index is 14.1. The van der Waals surface area contributed by atoms with Gasteiger partial charge in [-0.25, -0.2) is 4.79 Å². The summed E-state index contributed by atoms with van der Waals surface area (Å²) in [5.74, 6) is -1.39. The van der Waals surface area contributed by atoms with Gasteiger partial charge in [0.05, 0.1) is 27.7 Å². The van der Waals surface area contributed by atoms with Crippen LogP contribution in [0.15, 0.2) is 89.2 Å². The molecule has 1 aromatic heterocycles. The Balaban J connectivity index is 1.44. The van der Waals surface area contributed by atoms with Gasteiger partial charge in [0, 0.05) is 17.3 Å². The number of aromatic nitrogens is 2. The number of carbonyl (C=O) groups is 3. The number of hydrogen-bond acceptors (Lipinski definition) is 11.